The number of fused-ring (bicyclic) bond motifs is 1. The highest BCUT2D eigenvalue weighted by molar-refractivity contribution is 7.98. The highest BCUT2D eigenvalue weighted by atomic mass is 32.2. The van der Waals surface area contributed by atoms with Gasteiger partial charge in [-0.2, -0.15) is 11.8 Å². The first kappa shape index (κ1) is 15.8. The van der Waals surface area contributed by atoms with E-state index in [1.54, 1.807) is 31.2 Å². The van der Waals surface area contributed by atoms with Crippen LogP contribution in [0.5, 0.6) is 0 Å². The Hall–Kier alpha value is -1.59. The maximum Gasteiger partial charge on any atom is 0.252 e. The molecule has 0 aliphatic carbocycles. The summed E-state index contributed by atoms with van der Waals surface area (Å²) in [5.41, 5.74) is -0.558. The van der Waals surface area contributed by atoms with Gasteiger partial charge in [0.05, 0.1) is 5.60 Å². The SMILES string of the molecule is CSCC(C)(O)CNC(=O)c1ccc(F)c2ccccc12. The lowest BCUT2D eigenvalue weighted by Crippen LogP contribution is -2.42. The number of rotatable bonds is 5. The molecule has 0 saturated carbocycles. The van der Waals surface area contributed by atoms with Crippen molar-refractivity contribution in [3.8, 4) is 0 Å². The van der Waals surface area contributed by atoms with Crippen LogP contribution in [0, 0.1) is 5.82 Å². The normalized spacial score (nSPS) is 13.9. The summed E-state index contributed by atoms with van der Waals surface area (Å²) in [6, 6.07) is 9.62. The Morgan fingerprint density at radius 3 is 2.62 bits per heavy atom. The van der Waals surface area contributed by atoms with Gasteiger partial charge >= 0.3 is 0 Å². The molecule has 1 atom stereocenters. The van der Waals surface area contributed by atoms with Crippen LogP contribution in [0.2, 0.25) is 0 Å². The number of benzene rings is 2. The third-order valence-electron chi connectivity index (χ3n) is 3.20. The number of carbonyl (C=O) groups excluding carboxylic acids is 1. The molecule has 3 nitrogen and oxygen atoms in total. The van der Waals surface area contributed by atoms with Crippen LogP contribution in [0.25, 0.3) is 10.8 Å². The quantitative estimate of drug-likeness (QED) is 0.893. The second-order valence-corrected chi connectivity index (χ2v) is 6.12. The zero-order valence-electron chi connectivity index (χ0n) is 12.0. The predicted molar refractivity (Wildman–Crippen MR) is 85.2 cm³/mol. The van der Waals surface area contributed by atoms with E-state index in [1.807, 2.05) is 6.26 Å². The molecule has 0 bridgehead atoms. The fourth-order valence-corrected chi connectivity index (χ4v) is 2.91. The smallest absolute Gasteiger partial charge is 0.252 e. The van der Waals surface area contributed by atoms with Gasteiger partial charge in [-0.05, 0) is 30.7 Å². The molecule has 2 rings (SSSR count). The molecule has 0 heterocycles. The van der Waals surface area contributed by atoms with Gasteiger partial charge in [-0.1, -0.05) is 24.3 Å². The lowest BCUT2D eigenvalue weighted by atomic mass is 10.0. The summed E-state index contributed by atoms with van der Waals surface area (Å²) in [7, 11) is 0. The van der Waals surface area contributed by atoms with Crippen LogP contribution in [0.1, 0.15) is 17.3 Å². The molecule has 0 aliphatic heterocycles. The minimum atomic E-state index is -0.967. The zero-order chi connectivity index (χ0) is 15.5. The van der Waals surface area contributed by atoms with Crippen LogP contribution in [0.15, 0.2) is 36.4 Å². The van der Waals surface area contributed by atoms with Crippen molar-refractivity contribution in [1.29, 1.82) is 0 Å². The molecule has 21 heavy (non-hydrogen) atoms. The van der Waals surface area contributed by atoms with E-state index in [4.69, 9.17) is 0 Å². The largest absolute Gasteiger partial charge is 0.387 e. The molecule has 112 valence electrons. The van der Waals surface area contributed by atoms with Crippen molar-refractivity contribution in [2.24, 2.45) is 0 Å². The van der Waals surface area contributed by atoms with Crippen molar-refractivity contribution in [3.63, 3.8) is 0 Å². The molecule has 1 amide bonds. The van der Waals surface area contributed by atoms with Gasteiger partial charge in [0.2, 0.25) is 0 Å². The van der Waals surface area contributed by atoms with Gasteiger partial charge in [0.1, 0.15) is 5.82 Å². The molecule has 5 heteroatoms. The Morgan fingerprint density at radius 1 is 1.29 bits per heavy atom. The molecule has 0 spiro atoms. The van der Waals surface area contributed by atoms with Gasteiger partial charge in [-0.15, -0.1) is 0 Å². The van der Waals surface area contributed by atoms with Crippen molar-refractivity contribution in [1.82, 2.24) is 5.32 Å². The Bertz CT molecular complexity index is 658. The summed E-state index contributed by atoms with van der Waals surface area (Å²) in [6.45, 7) is 1.82. The summed E-state index contributed by atoms with van der Waals surface area (Å²) in [6.07, 6.45) is 1.89. The second kappa shape index (κ2) is 6.45. The topological polar surface area (TPSA) is 49.3 Å². The van der Waals surface area contributed by atoms with Crippen LogP contribution in [-0.4, -0.2) is 35.2 Å². The summed E-state index contributed by atoms with van der Waals surface area (Å²) in [5, 5.41) is 13.8. The molecule has 0 saturated heterocycles. The average molecular weight is 307 g/mol. The average Bonchev–Trinajstić information content (AvgIpc) is 2.46. The van der Waals surface area contributed by atoms with Gasteiger partial charge < -0.3 is 10.4 Å². The van der Waals surface area contributed by atoms with E-state index < -0.39 is 5.60 Å². The van der Waals surface area contributed by atoms with E-state index in [0.717, 1.165) is 0 Å². The summed E-state index contributed by atoms with van der Waals surface area (Å²) in [4.78, 5) is 12.3. The van der Waals surface area contributed by atoms with E-state index >= 15 is 0 Å². The van der Waals surface area contributed by atoms with Crippen LogP contribution in [0.4, 0.5) is 4.39 Å². The highest BCUT2D eigenvalue weighted by Crippen LogP contribution is 2.22. The van der Waals surface area contributed by atoms with Crippen LogP contribution < -0.4 is 5.32 Å². The van der Waals surface area contributed by atoms with E-state index in [1.165, 1.54) is 23.9 Å². The Morgan fingerprint density at radius 2 is 1.95 bits per heavy atom. The van der Waals surface area contributed by atoms with Crippen molar-refractivity contribution < 1.29 is 14.3 Å². The van der Waals surface area contributed by atoms with Crippen LogP contribution in [0.3, 0.4) is 0 Å². The first-order chi connectivity index (χ1) is 9.94. The van der Waals surface area contributed by atoms with Gasteiger partial charge in [0.25, 0.3) is 5.91 Å². The summed E-state index contributed by atoms with van der Waals surface area (Å²) < 4.78 is 13.7. The maximum absolute atomic E-state index is 13.7. The number of thioether (sulfide) groups is 1. The van der Waals surface area contributed by atoms with Gasteiger partial charge in [0, 0.05) is 23.2 Å². The molecule has 0 aliphatic rings. The number of aliphatic hydroxyl groups is 1. The first-order valence-corrected chi connectivity index (χ1v) is 8.01. The monoisotopic (exact) mass is 307 g/mol. The minimum absolute atomic E-state index is 0.151. The molecule has 2 aromatic rings. The second-order valence-electron chi connectivity index (χ2n) is 5.25. The molecular weight excluding hydrogens is 289 g/mol. The lowest BCUT2D eigenvalue weighted by Gasteiger charge is -2.22. The molecule has 2 N–H and O–H groups in total. The number of carbonyl (C=O) groups is 1. The third kappa shape index (κ3) is 3.74. The first-order valence-electron chi connectivity index (χ1n) is 6.61. The van der Waals surface area contributed by atoms with Gasteiger partial charge in [0.15, 0.2) is 0 Å². The minimum Gasteiger partial charge on any atom is -0.387 e. The van der Waals surface area contributed by atoms with Crippen molar-refractivity contribution in [2.45, 2.75) is 12.5 Å². The Kier molecular flexibility index (Phi) is 4.85. The van der Waals surface area contributed by atoms with E-state index in [9.17, 15) is 14.3 Å². The number of hydrogen-bond acceptors (Lipinski definition) is 3. The van der Waals surface area contributed by atoms with Crippen LogP contribution >= 0.6 is 11.8 Å². The number of hydrogen-bond donors (Lipinski definition) is 2. The van der Waals surface area contributed by atoms with Crippen LogP contribution in [-0.2, 0) is 0 Å². The number of nitrogens with one attached hydrogen (secondary N) is 1. The maximum atomic E-state index is 13.7. The molecule has 0 fully saturated rings. The number of amides is 1. The Balaban J connectivity index is 2.23. The standard InChI is InChI=1S/C16H18FNO2S/c1-16(20,10-21-2)9-18-15(19)13-7-8-14(17)12-6-4-3-5-11(12)13/h3-8,20H,9-10H2,1-2H3,(H,18,19). The number of halogens is 1. The summed E-state index contributed by atoms with van der Waals surface area (Å²) >= 11 is 1.51. The fraction of sp³-hybridized carbons (Fsp3) is 0.312. The lowest BCUT2D eigenvalue weighted by molar-refractivity contribution is 0.0726. The van der Waals surface area contributed by atoms with E-state index in [-0.39, 0.29) is 18.3 Å². The van der Waals surface area contributed by atoms with Crippen molar-refractivity contribution >= 4 is 28.4 Å². The third-order valence-corrected chi connectivity index (χ3v) is 4.11. The summed E-state index contributed by atoms with van der Waals surface area (Å²) in [5.74, 6) is -0.138. The molecule has 0 radical (unpaired) electrons. The molecule has 2 aromatic carbocycles. The van der Waals surface area contributed by atoms with Gasteiger partial charge in [-0.25, -0.2) is 4.39 Å². The Labute approximate surface area is 127 Å². The van der Waals surface area contributed by atoms with Crippen molar-refractivity contribution in [2.75, 3.05) is 18.6 Å². The fourth-order valence-electron chi connectivity index (χ4n) is 2.19. The van der Waals surface area contributed by atoms with Gasteiger partial charge in [-0.3, -0.25) is 4.79 Å². The van der Waals surface area contributed by atoms with E-state index in [2.05, 4.69) is 5.32 Å². The molecular formula is C16H18FNO2S. The van der Waals surface area contributed by atoms with Crippen molar-refractivity contribution in [3.05, 3.63) is 47.8 Å². The molecule has 0 aromatic heterocycles. The highest BCUT2D eigenvalue weighted by Gasteiger charge is 2.21. The predicted octanol–water partition coefficient (Wildman–Crippen LogP) is 2.82. The van der Waals surface area contributed by atoms with E-state index in [0.29, 0.717) is 22.1 Å². The zero-order valence-corrected chi connectivity index (χ0v) is 12.8. The molecule has 1 unspecified atom stereocenters.